The molecule has 0 atom stereocenters. The second-order valence-corrected chi connectivity index (χ2v) is 6.67. The first-order valence-corrected chi connectivity index (χ1v) is 9.01. The standard InChI is InChI=1S/C21H21FN2O3/c22-18-5-1-16(2-6-18)4-8-21(25)24-11-9-23(10-12-24)14-17-3-7-19-20(13-17)27-15-26-19/h1-8,13H,9-12,14-15H2. The molecule has 2 aliphatic heterocycles. The van der Waals surface area contributed by atoms with Crippen LogP contribution in [0, 0.1) is 5.82 Å². The van der Waals surface area contributed by atoms with Crippen LogP contribution >= 0.6 is 0 Å². The van der Waals surface area contributed by atoms with Gasteiger partial charge in [-0.1, -0.05) is 18.2 Å². The van der Waals surface area contributed by atoms with Gasteiger partial charge in [-0.3, -0.25) is 9.69 Å². The molecule has 6 heteroatoms. The smallest absolute Gasteiger partial charge is 0.246 e. The first-order valence-electron chi connectivity index (χ1n) is 9.01. The molecule has 0 aliphatic carbocycles. The molecule has 1 fully saturated rings. The van der Waals surface area contributed by atoms with E-state index in [0.717, 1.165) is 36.7 Å². The molecular weight excluding hydrogens is 347 g/mol. The summed E-state index contributed by atoms with van der Waals surface area (Å²) in [6.45, 7) is 4.14. The lowest BCUT2D eigenvalue weighted by atomic mass is 10.1. The van der Waals surface area contributed by atoms with Crippen molar-refractivity contribution in [2.24, 2.45) is 0 Å². The summed E-state index contributed by atoms with van der Waals surface area (Å²) in [6.07, 6.45) is 3.28. The molecule has 2 heterocycles. The van der Waals surface area contributed by atoms with Crippen LogP contribution in [0.2, 0.25) is 0 Å². The third-order valence-corrected chi connectivity index (χ3v) is 4.82. The highest BCUT2D eigenvalue weighted by atomic mass is 19.1. The summed E-state index contributed by atoms with van der Waals surface area (Å²) in [5, 5.41) is 0. The molecule has 0 aromatic heterocycles. The first-order chi connectivity index (χ1) is 13.2. The minimum absolute atomic E-state index is 0.0120. The highest BCUT2D eigenvalue weighted by Gasteiger charge is 2.20. The summed E-state index contributed by atoms with van der Waals surface area (Å²) in [5.41, 5.74) is 1.99. The summed E-state index contributed by atoms with van der Waals surface area (Å²) in [6, 6.07) is 12.1. The zero-order valence-corrected chi connectivity index (χ0v) is 14.9. The number of hydrogen-bond donors (Lipinski definition) is 0. The highest BCUT2D eigenvalue weighted by Crippen LogP contribution is 2.32. The highest BCUT2D eigenvalue weighted by molar-refractivity contribution is 5.91. The van der Waals surface area contributed by atoms with Gasteiger partial charge in [-0.25, -0.2) is 4.39 Å². The van der Waals surface area contributed by atoms with E-state index < -0.39 is 0 Å². The summed E-state index contributed by atoms with van der Waals surface area (Å²) < 4.78 is 23.7. The van der Waals surface area contributed by atoms with Crippen molar-refractivity contribution in [3.05, 3.63) is 65.5 Å². The number of benzene rings is 2. The lowest BCUT2D eigenvalue weighted by Crippen LogP contribution is -2.47. The third-order valence-electron chi connectivity index (χ3n) is 4.82. The van der Waals surface area contributed by atoms with Crippen LogP contribution in [0.5, 0.6) is 11.5 Å². The molecule has 1 amide bonds. The Kier molecular flexibility index (Phi) is 5.07. The number of carbonyl (C=O) groups excluding carboxylic acids is 1. The number of halogens is 1. The normalized spacial score (nSPS) is 16.9. The predicted octanol–water partition coefficient (Wildman–Crippen LogP) is 2.91. The van der Waals surface area contributed by atoms with Crippen LogP contribution < -0.4 is 9.47 Å². The second-order valence-electron chi connectivity index (χ2n) is 6.67. The van der Waals surface area contributed by atoms with Crippen molar-refractivity contribution in [2.45, 2.75) is 6.54 Å². The van der Waals surface area contributed by atoms with Crippen molar-refractivity contribution in [1.29, 1.82) is 0 Å². The van der Waals surface area contributed by atoms with E-state index in [1.807, 2.05) is 17.0 Å². The zero-order chi connectivity index (χ0) is 18.6. The van der Waals surface area contributed by atoms with E-state index in [1.54, 1.807) is 24.3 Å². The molecule has 27 heavy (non-hydrogen) atoms. The van der Waals surface area contributed by atoms with Gasteiger partial charge in [-0.05, 0) is 41.5 Å². The number of nitrogens with zero attached hydrogens (tertiary/aromatic N) is 2. The van der Waals surface area contributed by atoms with E-state index >= 15 is 0 Å². The zero-order valence-electron chi connectivity index (χ0n) is 14.9. The van der Waals surface area contributed by atoms with Gasteiger partial charge in [0.15, 0.2) is 11.5 Å². The second kappa shape index (κ2) is 7.80. The van der Waals surface area contributed by atoms with E-state index in [0.29, 0.717) is 13.1 Å². The van der Waals surface area contributed by atoms with Crippen molar-refractivity contribution in [3.63, 3.8) is 0 Å². The van der Waals surface area contributed by atoms with Gasteiger partial charge >= 0.3 is 0 Å². The van der Waals surface area contributed by atoms with Crippen LogP contribution in [-0.2, 0) is 11.3 Å². The number of piperazine rings is 1. The van der Waals surface area contributed by atoms with Gasteiger partial charge in [-0.2, -0.15) is 0 Å². The summed E-state index contributed by atoms with van der Waals surface area (Å²) in [7, 11) is 0. The molecule has 2 aliphatic rings. The Morgan fingerprint density at radius 1 is 1.00 bits per heavy atom. The fourth-order valence-electron chi connectivity index (χ4n) is 3.27. The number of carbonyl (C=O) groups is 1. The molecule has 0 bridgehead atoms. The van der Waals surface area contributed by atoms with Gasteiger partial charge in [0.2, 0.25) is 12.7 Å². The molecule has 2 aromatic carbocycles. The van der Waals surface area contributed by atoms with Gasteiger partial charge in [0.25, 0.3) is 0 Å². The number of fused-ring (bicyclic) bond motifs is 1. The van der Waals surface area contributed by atoms with Crippen molar-refractivity contribution in [1.82, 2.24) is 9.80 Å². The van der Waals surface area contributed by atoms with Gasteiger partial charge < -0.3 is 14.4 Å². The maximum atomic E-state index is 12.9. The van der Waals surface area contributed by atoms with E-state index in [9.17, 15) is 9.18 Å². The SMILES string of the molecule is O=C(C=Cc1ccc(F)cc1)N1CCN(Cc2ccc3c(c2)OCO3)CC1. The van der Waals surface area contributed by atoms with Crippen LogP contribution in [0.15, 0.2) is 48.5 Å². The average molecular weight is 368 g/mol. The molecule has 4 rings (SSSR count). The number of ether oxygens (including phenoxy) is 2. The van der Waals surface area contributed by atoms with E-state index in [2.05, 4.69) is 11.0 Å². The monoisotopic (exact) mass is 368 g/mol. The van der Waals surface area contributed by atoms with E-state index in [1.165, 1.54) is 17.7 Å². The summed E-state index contributed by atoms with van der Waals surface area (Å²) in [4.78, 5) is 16.5. The number of hydrogen-bond acceptors (Lipinski definition) is 4. The Labute approximate surface area is 157 Å². The van der Waals surface area contributed by atoms with Gasteiger partial charge in [0.1, 0.15) is 5.82 Å². The Bertz CT molecular complexity index is 843. The van der Waals surface area contributed by atoms with Gasteiger partial charge in [0.05, 0.1) is 0 Å². The third kappa shape index (κ3) is 4.28. The largest absolute Gasteiger partial charge is 0.454 e. The van der Waals surface area contributed by atoms with Crippen LogP contribution in [0.3, 0.4) is 0 Å². The molecule has 2 aromatic rings. The van der Waals surface area contributed by atoms with Crippen LogP contribution in [0.25, 0.3) is 6.08 Å². The minimum atomic E-state index is -0.281. The molecule has 0 unspecified atom stereocenters. The van der Waals surface area contributed by atoms with E-state index in [-0.39, 0.29) is 18.5 Å². The quantitative estimate of drug-likeness (QED) is 0.779. The fourth-order valence-corrected chi connectivity index (χ4v) is 3.27. The molecule has 0 radical (unpaired) electrons. The fraction of sp³-hybridized carbons (Fsp3) is 0.286. The number of rotatable bonds is 4. The maximum Gasteiger partial charge on any atom is 0.246 e. The predicted molar refractivity (Wildman–Crippen MR) is 99.9 cm³/mol. The average Bonchev–Trinajstić information content (AvgIpc) is 3.16. The molecular formula is C21H21FN2O3. The lowest BCUT2D eigenvalue weighted by Gasteiger charge is -2.34. The van der Waals surface area contributed by atoms with Crippen LogP contribution in [0.1, 0.15) is 11.1 Å². The minimum Gasteiger partial charge on any atom is -0.454 e. The first kappa shape index (κ1) is 17.5. The van der Waals surface area contributed by atoms with Gasteiger partial charge in [0, 0.05) is 38.8 Å². The molecule has 5 nitrogen and oxygen atoms in total. The van der Waals surface area contributed by atoms with Crippen molar-refractivity contribution >= 4 is 12.0 Å². The molecule has 0 N–H and O–H groups in total. The number of amides is 1. The van der Waals surface area contributed by atoms with Crippen LogP contribution in [-0.4, -0.2) is 48.7 Å². The van der Waals surface area contributed by atoms with Gasteiger partial charge in [-0.15, -0.1) is 0 Å². The Morgan fingerprint density at radius 2 is 1.74 bits per heavy atom. The molecule has 0 saturated carbocycles. The lowest BCUT2D eigenvalue weighted by molar-refractivity contribution is -0.127. The maximum absolute atomic E-state index is 12.9. The Balaban J connectivity index is 1.28. The van der Waals surface area contributed by atoms with Crippen molar-refractivity contribution in [3.8, 4) is 11.5 Å². The summed E-state index contributed by atoms with van der Waals surface area (Å²) in [5.74, 6) is 1.30. The molecule has 1 saturated heterocycles. The Morgan fingerprint density at radius 3 is 2.52 bits per heavy atom. The van der Waals surface area contributed by atoms with Crippen molar-refractivity contribution in [2.75, 3.05) is 33.0 Å². The van der Waals surface area contributed by atoms with E-state index in [4.69, 9.17) is 9.47 Å². The molecule has 140 valence electrons. The Hall–Kier alpha value is -2.86. The topological polar surface area (TPSA) is 42.0 Å². The molecule has 0 spiro atoms. The van der Waals surface area contributed by atoms with Crippen LogP contribution in [0.4, 0.5) is 4.39 Å². The summed E-state index contributed by atoms with van der Waals surface area (Å²) >= 11 is 0. The van der Waals surface area contributed by atoms with Crippen molar-refractivity contribution < 1.29 is 18.7 Å².